The molecule has 1 fully saturated rings. The molecule has 0 heterocycles. The van der Waals surface area contributed by atoms with Crippen LogP contribution in [0, 0.1) is 11.2 Å². The van der Waals surface area contributed by atoms with E-state index in [1.807, 2.05) is 0 Å². The highest BCUT2D eigenvalue weighted by Gasteiger charge is 2.43. The number of nitrogens with one attached hydrogen (secondary N) is 1. The Hall–Kier alpha value is -1.62. The van der Waals surface area contributed by atoms with Crippen molar-refractivity contribution in [3.05, 3.63) is 29.0 Å². The lowest BCUT2D eigenvalue weighted by molar-refractivity contribution is -0.150. The third kappa shape index (κ3) is 3.10. The van der Waals surface area contributed by atoms with Crippen molar-refractivity contribution in [2.24, 2.45) is 5.41 Å². The number of halogens is 2. The molecule has 4 nitrogen and oxygen atoms in total. The van der Waals surface area contributed by atoms with E-state index in [0.29, 0.717) is 12.8 Å². The Kier molecular flexibility index (Phi) is 4.28. The molecule has 1 aromatic rings. The van der Waals surface area contributed by atoms with E-state index in [4.69, 9.17) is 11.6 Å². The van der Waals surface area contributed by atoms with Gasteiger partial charge in [-0.3, -0.25) is 9.59 Å². The van der Waals surface area contributed by atoms with E-state index < -0.39 is 23.1 Å². The summed E-state index contributed by atoms with van der Waals surface area (Å²) >= 11 is 5.62. The molecule has 0 atom stereocenters. The Morgan fingerprint density at radius 2 is 2.00 bits per heavy atom. The fraction of sp³-hybridized carbons (Fsp3) is 0.429. The first kappa shape index (κ1) is 14.8. The van der Waals surface area contributed by atoms with Crippen LogP contribution < -0.4 is 5.32 Å². The smallest absolute Gasteiger partial charge is 0.310 e. The molecule has 0 saturated heterocycles. The summed E-state index contributed by atoms with van der Waals surface area (Å²) in [7, 11) is 0. The fourth-order valence-corrected chi connectivity index (χ4v) is 2.77. The Morgan fingerprint density at radius 3 is 2.55 bits per heavy atom. The van der Waals surface area contributed by atoms with Gasteiger partial charge >= 0.3 is 5.97 Å². The van der Waals surface area contributed by atoms with Crippen LogP contribution >= 0.6 is 11.6 Å². The average Bonchev–Trinajstić information content (AvgIpc) is 2.82. The van der Waals surface area contributed by atoms with Crippen molar-refractivity contribution >= 4 is 29.2 Å². The van der Waals surface area contributed by atoms with Crippen LogP contribution in [0.4, 0.5) is 10.1 Å². The van der Waals surface area contributed by atoms with Crippen molar-refractivity contribution in [2.45, 2.75) is 32.1 Å². The van der Waals surface area contributed by atoms with Gasteiger partial charge in [-0.15, -0.1) is 0 Å². The first-order chi connectivity index (χ1) is 9.43. The molecule has 0 radical (unpaired) electrons. The zero-order valence-electron chi connectivity index (χ0n) is 10.8. The fourth-order valence-electron chi connectivity index (χ4n) is 2.61. The molecular weight excluding hydrogens is 285 g/mol. The van der Waals surface area contributed by atoms with Gasteiger partial charge < -0.3 is 10.4 Å². The number of hydrogen-bond donors (Lipinski definition) is 2. The Bertz CT molecular complexity index is 541. The van der Waals surface area contributed by atoms with Crippen molar-refractivity contribution in [3.8, 4) is 0 Å². The first-order valence-electron chi connectivity index (χ1n) is 6.41. The zero-order chi connectivity index (χ0) is 14.8. The number of carbonyl (C=O) groups is 2. The average molecular weight is 300 g/mol. The minimum Gasteiger partial charge on any atom is -0.481 e. The predicted octanol–water partition coefficient (Wildman–Crippen LogP) is 3.45. The van der Waals surface area contributed by atoms with Gasteiger partial charge in [0.05, 0.1) is 11.1 Å². The maximum atomic E-state index is 13.6. The molecule has 108 valence electrons. The first-order valence-corrected chi connectivity index (χ1v) is 6.79. The SMILES string of the molecule is O=C(CC1(C(=O)O)CCCC1)Nc1ccc(Cl)cc1F. The van der Waals surface area contributed by atoms with Crippen LogP contribution in [0.3, 0.4) is 0 Å². The summed E-state index contributed by atoms with van der Waals surface area (Å²) in [4.78, 5) is 23.3. The van der Waals surface area contributed by atoms with E-state index in [-0.39, 0.29) is 17.1 Å². The highest BCUT2D eigenvalue weighted by molar-refractivity contribution is 6.30. The summed E-state index contributed by atoms with van der Waals surface area (Å²) in [5, 5.41) is 11.9. The second-order valence-electron chi connectivity index (χ2n) is 5.14. The van der Waals surface area contributed by atoms with Gasteiger partial charge in [0.15, 0.2) is 0 Å². The van der Waals surface area contributed by atoms with Crippen molar-refractivity contribution in [1.82, 2.24) is 0 Å². The van der Waals surface area contributed by atoms with Crippen LogP contribution in [-0.2, 0) is 9.59 Å². The molecule has 0 aromatic heterocycles. The zero-order valence-corrected chi connectivity index (χ0v) is 11.5. The van der Waals surface area contributed by atoms with E-state index in [9.17, 15) is 19.1 Å². The summed E-state index contributed by atoms with van der Waals surface area (Å²) in [6, 6.07) is 3.92. The number of amides is 1. The third-order valence-corrected chi connectivity index (χ3v) is 3.95. The summed E-state index contributed by atoms with van der Waals surface area (Å²) < 4.78 is 13.6. The van der Waals surface area contributed by atoms with Gasteiger partial charge in [0, 0.05) is 11.4 Å². The number of carboxylic acid groups (broad SMARTS) is 1. The number of benzene rings is 1. The maximum Gasteiger partial charge on any atom is 0.310 e. The number of anilines is 1. The normalized spacial score (nSPS) is 16.9. The maximum absolute atomic E-state index is 13.6. The summed E-state index contributed by atoms with van der Waals surface area (Å²) in [6.45, 7) is 0. The Balaban J connectivity index is 2.07. The monoisotopic (exact) mass is 299 g/mol. The Labute approximate surface area is 120 Å². The lowest BCUT2D eigenvalue weighted by Crippen LogP contribution is -2.32. The van der Waals surface area contributed by atoms with E-state index in [1.165, 1.54) is 12.1 Å². The van der Waals surface area contributed by atoms with Crippen LogP contribution in [0.5, 0.6) is 0 Å². The molecule has 2 rings (SSSR count). The quantitative estimate of drug-likeness (QED) is 0.895. The van der Waals surface area contributed by atoms with Crippen LogP contribution in [0.15, 0.2) is 18.2 Å². The van der Waals surface area contributed by atoms with Crippen LogP contribution in [0.1, 0.15) is 32.1 Å². The van der Waals surface area contributed by atoms with Crippen LogP contribution in [-0.4, -0.2) is 17.0 Å². The molecule has 20 heavy (non-hydrogen) atoms. The Morgan fingerprint density at radius 1 is 1.35 bits per heavy atom. The standard InChI is InChI=1S/C14H15ClFNO3/c15-9-3-4-11(10(16)7-9)17-12(18)8-14(13(19)20)5-1-2-6-14/h3-4,7H,1-2,5-6,8H2,(H,17,18)(H,19,20). The molecule has 1 aromatic carbocycles. The van der Waals surface area contributed by atoms with Crippen molar-refractivity contribution in [1.29, 1.82) is 0 Å². The second-order valence-corrected chi connectivity index (χ2v) is 5.58. The molecule has 2 N–H and O–H groups in total. The minimum absolute atomic E-state index is 0.0120. The summed E-state index contributed by atoms with van der Waals surface area (Å²) in [5.74, 6) is -2.08. The summed E-state index contributed by atoms with van der Waals surface area (Å²) in [5.41, 5.74) is -0.995. The van der Waals surface area contributed by atoms with E-state index in [0.717, 1.165) is 18.9 Å². The predicted molar refractivity (Wildman–Crippen MR) is 73.2 cm³/mol. The minimum atomic E-state index is -1.01. The van der Waals surface area contributed by atoms with E-state index >= 15 is 0 Å². The summed E-state index contributed by atoms with van der Waals surface area (Å²) in [6.07, 6.45) is 2.44. The molecule has 0 spiro atoms. The molecule has 6 heteroatoms. The van der Waals surface area contributed by atoms with Crippen LogP contribution in [0.2, 0.25) is 5.02 Å². The molecule has 1 amide bonds. The highest BCUT2D eigenvalue weighted by Crippen LogP contribution is 2.41. The van der Waals surface area contributed by atoms with Gasteiger partial charge in [0.25, 0.3) is 0 Å². The molecule has 0 unspecified atom stereocenters. The lowest BCUT2D eigenvalue weighted by atomic mass is 9.82. The highest BCUT2D eigenvalue weighted by atomic mass is 35.5. The van der Waals surface area contributed by atoms with Gasteiger partial charge in [-0.1, -0.05) is 24.4 Å². The molecule has 0 bridgehead atoms. The van der Waals surface area contributed by atoms with Gasteiger partial charge in [-0.05, 0) is 31.0 Å². The van der Waals surface area contributed by atoms with Gasteiger partial charge in [-0.2, -0.15) is 0 Å². The van der Waals surface area contributed by atoms with Crippen molar-refractivity contribution in [2.75, 3.05) is 5.32 Å². The van der Waals surface area contributed by atoms with Gasteiger partial charge in [0.2, 0.25) is 5.91 Å². The number of aliphatic carboxylic acids is 1. The van der Waals surface area contributed by atoms with Crippen molar-refractivity contribution < 1.29 is 19.1 Å². The number of hydrogen-bond acceptors (Lipinski definition) is 2. The van der Waals surface area contributed by atoms with Gasteiger partial charge in [-0.25, -0.2) is 4.39 Å². The van der Waals surface area contributed by atoms with Crippen LogP contribution in [0.25, 0.3) is 0 Å². The van der Waals surface area contributed by atoms with E-state index in [1.54, 1.807) is 0 Å². The topological polar surface area (TPSA) is 66.4 Å². The molecule has 1 aliphatic rings. The molecule has 1 saturated carbocycles. The lowest BCUT2D eigenvalue weighted by Gasteiger charge is -2.22. The number of carbonyl (C=O) groups excluding carboxylic acids is 1. The van der Waals surface area contributed by atoms with Crippen molar-refractivity contribution in [3.63, 3.8) is 0 Å². The largest absolute Gasteiger partial charge is 0.481 e. The molecule has 0 aliphatic heterocycles. The van der Waals surface area contributed by atoms with E-state index in [2.05, 4.69) is 5.32 Å². The third-order valence-electron chi connectivity index (χ3n) is 3.72. The number of carboxylic acids is 1. The van der Waals surface area contributed by atoms with Gasteiger partial charge in [0.1, 0.15) is 5.82 Å². The number of rotatable bonds is 4. The molecule has 1 aliphatic carbocycles. The molecular formula is C14H15ClFNO3. The second kappa shape index (κ2) is 5.79.